The van der Waals surface area contributed by atoms with Crippen LogP contribution in [0.25, 0.3) is 11.1 Å². The van der Waals surface area contributed by atoms with E-state index < -0.39 is 42.2 Å². The normalized spacial score (nSPS) is 25.9. The van der Waals surface area contributed by atoms with Crippen LogP contribution in [-0.2, 0) is 30.2 Å². The first-order chi connectivity index (χ1) is 18.4. The molecule has 1 saturated heterocycles. The van der Waals surface area contributed by atoms with Crippen LogP contribution in [0, 0.1) is 5.41 Å². The molecule has 39 heavy (non-hydrogen) atoms. The van der Waals surface area contributed by atoms with Gasteiger partial charge in [-0.25, -0.2) is 0 Å². The largest absolute Gasteiger partial charge is 0.387 e. The molecule has 2 aliphatic heterocycles. The lowest BCUT2D eigenvalue weighted by Gasteiger charge is -2.45. The highest BCUT2D eigenvalue weighted by Gasteiger charge is 2.48. The first-order valence-corrected chi connectivity index (χ1v) is 13.4. The second-order valence-electron chi connectivity index (χ2n) is 11.8. The average molecular weight is 537 g/mol. The van der Waals surface area contributed by atoms with Crippen LogP contribution in [-0.4, -0.2) is 60.3 Å². The smallest absolute Gasteiger partial charge is 0.252 e. The van der Waals surface area contributed by atoms with E-state index in [1.54, 1.807) is 19.9 Å². The molecule has 2 heterocycles. The number of amides is 2. The molecule has 2 unspecified atom stereocenters. The van der Waals surface area contributed by atoms with Crippen LogP contribution < -0.4 is 10.6 Å². The Morgan fingerprint density at radius 2 is 1.87 bits per heavy atom. The average Bonchev–Trinajstić information content (AvgIpc) is 3.03. The predicted molar refractivity (Wildman–Crippen MR) is 150 cm³/mol. The van der Waals surface area contributed by atoms with Crippen molar-refractivity contribution in [2.24, 2.45) is 5.41 Å². The van der Waals surface area contributed by atoms with Crippen LogP contribution >= 0.6 is 0 Å². The second-order valence-corrected chi connectivity index (χ2v) is 11.8. The minimum Gasteiger partial charge on any atom is -0.387 e. The van der Waals surface area contributed by atoms with E-state index in [1.165, 1.54) is 7.11 Å². The minimum atomic E-state index is -1.16. The summed E-state index contributed by atoms with van der Waals surface area (Å²) in [5, 5.41) is 16.9. The van der Waals surface area contributed by atoms with E-state index >= 15 is 0 Å². The van der Waals surface area contributed by atoms with Gasteiger partial charge in [0.25, 0.3) is 5.91 Å². The molecule has 3 N–H and O–H groups in total. The molecule has 8 heteroatoms. The van der Waals surface area contributed by atoms with Gasteiger partial charge < -0.3 is 30.0 Å². The zero-order chi connectivity index (χ0) is 28.4. The van der Waals surface area contributed by atoms with Crippen molar-refractivity contribution in [2.45, 2.75) is 83.7 Å². The molecule has 0 radical (unpaired) electrons. The Labute approximate surface area is 230 Å². The number of ether oxygens (including phenoxy) is 3. The van der Waals surface area contributed by atoms with Crippen molar-refractivity contribution in [1.29, 1.82) is 0 Å². The maximum atomic E-state index is 13.4. The Bertz CT molecular complexity index is 1200. The number of nitrogens with one attached hydrogen (secondary N) is 2. The molecule has 2 aromatic carbocycles. The molecule has 0 bridgehead atoms. The van der Waals surface area contributed by atoms with Gasteiger partial charge in [-0.2, -0.15) is 0 Å². The third-order valence-corrected chi connectivity index (χ3v) is 6.92. The SMILES string of the molecule is COC(C(=O)NC1CCc2cc(-c3ccccc3)ccc2NC1=O)[C@@H]1OC(C)(C)O[C@H](/C=C/C(C)(C)C)[C@@H]1O. The zero-order valence-electron chi connectivity index (χ0n) is 23.6. The number of hydrogen-bond acceptors (Lipinski definition) is 6. The number of fused-ring (bicyclic) bond motifs is 1. The Hall–Kier alpha value is -3.04. The monoisotopic (exact) mass is 536 g/mol. The molecule has 2 aromatic rings. The number of aliphatic hydroxyl groups is 1. The van der Waals surface area contributed by atoms with Crippen molar-refractivity contribution >= 4 is 17.5 Å². The summed E-state index contributed by atoms with van der Waals surface area (Å²) in [6.45, 7) is 9.59. The molecule has 0 aliphatic carbocycles. The summed E-state index contributed by atoms with van der Waals surface area (Å²) in [5.41, 5.74) is 3.78. The van der Waals surface area contributed by atoms with E-state index in [0.717, 1.165) is 22.4 Å². The summed E-state index contributed by atoms with van der Waals surface area (Å²) >= 11 is 0. The molecular formula is C31H40N2O6. The number of carbonyl (C=O) groups excluding carboxylic acids is 2. The van der Waals surface area contributed by atoms with Gasteiger partial charge in [0, 0.05) is 12.8 Å². The number of hydrogen-bond donors (Lipinski definition) is 3. The van der Waals surface area contributed by atoms with Gasteiger partial charge in [0.2, 0.25) is 5.91 Å². The van der Waals surface area contributed by atoms with Crippen molar-refractivity contribution < 1.29 is 28.9 Å². The van der Waals surface area contributed by atoms with Crippen molar-refractivity contribution in [3.63, 3.8) is 0 Å². The van der Waals surface area contributed by atoms with Crippen LogP contribution in [0.4, 0.5) is 5.69 Å². The van der Waals surface area contributed by atoms with Crippen molar-refractivity contribution in [1.82, 2.24) is 5.32 Å². The second kappa shape index (κ2) is 11.6. The fourth-order valence-electron chi connectivity index (χ4n) is 4.95. The summed E-state index contributed by atoms with van der Waals surface area (Å²) in [6, 6.07) is 15.2. The molecule has 0 aromatic heterocycles. The molecule has 5 atom stereocenters. The van der Waals surface area contributed by atoms with E-state index in [2.05, 4.69) is 16.7 Å². The number of benzene rings is 2. The highest BCUT2D eigenvalue weighted by atomic mass is 16.7. The van der Waals surface area contributed by atoms with Crippen molar-refractivity contribution in [2.75, 3.05) is 12.4 Å². The summed E-state index contributed by atoms with van der Waals surface area (Å²) in [5.74, 6) is -1.90. The van der Waals surface area contributed by atoms with Gasteiger partial charge in [-0.05, 0) is 60.9 Å². The lowest BCUT2D eigenvalue weighted by Crippen LogP contribution is -2.61. The Morgan fingerprint density at radius 3 is 2.54 bits per heavy atom. The van der Waals surface area contributed by atoms with E-state index in [0.29, 0.717) is 12.8 Å². The maximum absolute atomic E-state index is 13.4. The van der Waals surface area contributed by atoms with Crippen LogP contribution in [0.15, 0.2) is 60.7 Å². The highest BCUT2D eigenvalue weighted by molar-refractivity contribution is 5.99. The van der Waals surface area contributed by atoms with E-state index in [9.17, 15) is 14.7 Å². The predicted octanol–water partition coefficient (Wildman–Crippen LogP) is 4.22. The summed E-state index contributed by atoms with van der Waals surface area (Å²) in [7, 11) is 1.39. The Balaban J connectivity index is 1.48. The zero-order valence-corrected chi connectivity index (χ0v) is 23.6. The Morgan fingerprint density at radius 1 is 1.15 bits per heavy atom. The molecular weight excluding hydrogens is 496 g/mol. The lowest BCUT2D eigenvalue weighted by molar-refractivity contribution is -0.334. The van der Waals surface area contributed by atoms with E-state index in [-0.39, 0.29) is 11.3 Å². The number of methoxy groups -OCH3 is 1. The van der Waals surface area contributed by atoms with Gasteiger partial charge in [0.1, 0.15) is 24.4 Å². The number of carbonyl (C=O) groups is 2. The Kier molecular flexibility index (Phi) is 8.61. The van der Waals surface area contributed by atoms with Crippen LogP contribution in [0.5, 0.6) is 0 Å². The standard InChI is InChI=1S/C31H40N2O6/c1-30(2,3)17-16-24-25(34)26(39-31(4,5)38-24)27(37-6)29(36)33-23-15-13-21-18-20(19-10-8-7-9-11-19)12-14-22(21)32-28(23)35/h7-12,14,16-18,23-27,34H,13,15H2,1-6H3,(H,32,35)(H,33,36)/b17-16+/t23?,24-,25+,26-,27?/m1/s1. The van der Waals surface area contributed by atoms with Gasteiger partial charge in [0.15, 0.2) is 11.9 Å². The van der Waals surface area contributed by atoms with Crippen molar-refractivity contribution in [3.8, 4) is 11.1 Å². The maximum Gasteiger partial charge on any atom is 0.252 e. The van der Waals surface area contributed by atoms with Gasteiger partial charge in [-0.15, -0.1) is 0 Å². The highest BCUT2D eigenvalue weighted by Crippen LogP contribution is 2.32. The molecule has 0 spiro atoms. The van der Waals surface area contributed by atoms with Crippen LogP contribution in [0.3, 0.4) is 0 Å². The molecule has 4 rings (SSSR count). The molecule has 1 fully saturated rings. The first-order valence-electron chi connectivity index (χ1n) is 13.4. The van der Waals surface area contributed by atoms with E-state index in [1.807, 2.05) is 69.3 Å². The summed E-state index contributed by atoms with van der Waals surface area (Å²) in [4.78, 5) is 26.5. The minimum absolute atomic E-state index is 0.120. The van der Waals surface area contributed by atoms with Crippen LogP contribution in [0.1, 0.15) is 46.6 Å². The molecule has 210 valence electrons. The third kappa shape index (κ3) is 7.13. The molecule has 2 aliphatic rings. The summed E-state index contributed by atoms with van der Waals surface area (Å²) in [6.07, 6.45) is 0.752. The number of allylic oxidation sites excluding steroid dienone is 1. The fraction of sp³-hybridized carbons (Fsp3) is 0.484. The van der Waals surface area contributed by atoms with Crippen molar-refractivity contribution in [3.05, 3.63) is 66.2 Å². The fourth-order valence-corrected chi connectivity index (χ4v) is 4.95. The van der Waals surface area contributed by atoms with Crippen LogP contribution in [0.2, 0.25) is 0 Å². The molecule has 2 amide bonds. The third-order valence-electron chi connectivity index (χ3n) is 6.92. The molecule has 8 nitrogen and oxygen atoms in total. The number of rotatable bonds is 6. The first kappa shape index (κ1) is 29.0. The van der Waals surface area contributed by atoms with Gasteiger partial charge >= 0.3 is 0 Å². The lowest BCUT2D eigenvalue weighted by atomic mass is 9.93. The van der Waals surface area contributed by atoms with Gasteiger partial charge in [-0.3, -0.25) is 9.59 Å². The summed E-state index contributed by atoms with van der Waals surface area (Å²) < 4.78 is 17.4. The van der Waals surface area contributed by atoms with E-state index in [4.69, 9.17) is 14.2 Å². The number of aliphatic hydroxyl groups excluding tert-OH is 1. The number of aryl methyl sites for hydroxylation is 1. The topological polar surface area (TPSA) is 106 Å². The van der Waals surface area contributed by atoms with Gasteiger partial charge in [-0.1, -0.05) is 69.3 Å². The molecule has 0 saturated carbocycles. The van der Waals surface area contributed by atoms with Gasteiger partial charge in [0.05, 0.1) is 0 Å². The number of anilines is 1. The quantitative estimate of drug-likeness (QED) is 0.478.